The molecule has 2 N–H and O–H groups in total. The van der Waals surface area contributed by atoms with Crippen molar-refractivity contribution >= 4 is 5.91 Å². The number of imidazole rings is 1. The second kappa shape index (κ2) is 5.31. The summed E-state index contributed by atoms with van der Waals surface area (Å²) in [5, 5.41) is 6.30. The number of carbonyl (C=O) groups excluding carboxylic acids is 1. The number of piperidine rings is 1. The Morgan fingerprint density at radius 2 is 2.29 bits per heavy atom. The maximum Gasteiger partial charge on any atom is 0.226 e. The molecule has 1 aliphatic heterocycles. The Balaban J connectivity index is 1.76. The molecule has 0 aliphatic carbocycles. The molecule has 0 bridgehead atoms. The van der Waals surface area contributed by atoms with Crippen LogP contribution < -0.4 is 10.6 Å². The molecule has 0 saturated carbocycles. The van der Waals surface area contributed by atoms with E-state index in [9.17, 15) is 4.79 Å². The number of rotatable bonds is 4. The summed E-state index contributed by atoms with van der Waals surface area (Å²) in [4.78, 5) is 16.0. The van der Waals surface area contributed by atoms with Gasteiger partial charge in [0.2, 0.25) is 5.91 Å². The van der Waals surface area contributed by atoms with Gasteiger partial charge >= 0.3 is 0 Å². The average Bonchev–Trinajstić information content (AvgIpc) is 2.83. The average molecular weight is 236 g/mol. The summed E-state index contributed by atoms with van der Waals surface area (Å²) in [7, 11) is 0. The van der Waals surface area contributed by atoms with E-state index in [1.807, 2.05) is 10.8 Å². The molecule has 0 radical (unpaired) electrons. The molecule has 0 atom stereocenters. The van der Waals surface area contributed by atoms with Crippen molar-refractivity contribution in [2.75, 3.05) is 19.6 Å². The molecule has 17 heavy (non-hydrogen) atoms. The summed E-state index contributed by atoms with van der Waals surface area (Å²) in [5.74, 6) is 0.180. The van der Waals surface area contributed by atoms with Crippen LogP contribution in [0.15, 0.2) is 18.7 Å². The van der Waals surface area contributed by atoms with Crippen LogP contribution in [0.5, 0.6) is 0 Å². The van der Waals surface area contributed by atoms with Crippen LogP contribution in [-0.2, 0) is 11.3 Å². The van der Waals surface area contributed by atoms with Crippen molar-refractivity contribution in [1.29, 1.82) is 0 Å². The fourth-order valence-corrected chi connectivity index (χ4v) is 2.14. The quantitative estimate of drug-likeness (QED) is 0.795. The second-order valence-corrected chi connectivity index (χ2v) is 4.87. The molecule has 2 heterocycles. The highest BCUT2D eigenvalue weighted by Gasteiger charge is 2.33. The molecule has 0 spiro atoms. The second-order valence-electron chi connectivity index (χ2n) is 4.87. The predicted octanol–water partition coefficient (Wildman–Crippen LogP) is 0.389. The van der Waals surface area contributed by atoms with Crippen LogP contribution in [0.25, 0.3) is 0 Å². The third-order valence-corrected chi connectivity index (χ3v) is 3.47. The molecule has 1 aromatic heterocycles. The molecular formula is C12H20N4O. The minimum absolute atomic E-state index is 0.180. The van der Waals surface area contributed by atoms with Crippen LogP contribution in [0.4, 0.5) is 0 Å². The molecule has 2 rings (SSSR count). The Bertz CT molecular complexity index is 355. The van der Waals surface area contributed by atoms with Crippen LogP contribution in [0.2, 0.25) is 0 Å². The van der Waals surface area contributed by atoms with Gasteiger partial charge in [-0.15, -0.1) is 0 Å². The van der Waals surface area contributed by atoms with Gasteiger partial charge in [0, 0.05) is 30.9 Å². The Labute approximate surface area is 102 Å². The van der Waals surface area contributed by atoms with Gasteiger partial charge in [-0.1, -0.05) is 6.92 Å². The first-order valence-electron chi connectivity index (χ1n) is 6.15. The zero-order valence-electron chi connectivity index (χ0n) is 10.3. The van der Waals surface area contributed by atoms with Crippen molar-refractivity contribution in [3.63, 3.8) is 0 Å². The number of nitrogens with one attached hydrogen (secondary N) is 2. The number of amides is 1. The van der Waals surface area contributed by atoms with Gasteiger partial charge in [0.05, 0.1) is 6.33 Å². The molecule has 1 aliphatic rings. The SMILES string of the molecule is CC1(C(=O)NCCn2ccnc2)CCNCC1. The van der Waals surface area contributed by atoms with Gasteiger partial charge < -0.3 is 15.2 Å². The number of hydrogen-bond acceptors (Lipinski definition) is 3. The molecule has 1 amide bonds. The van der Waals surface area contributed by atoms with Crippen LogP contribution >= 0.6 is 0 Å². The minimum atomic E-state index is -0.194. The summed E-state index contributed by atoms with van der Waals surface area (Å²) in [6, 6.07) is 0. The summed E-state index contributed by atoms with van der Waals surface area (Å²) < 4.78 is 1.96. The van der Waals surface area contributed by atoms with E-state index >= 15 is 0 Å². The van der Waals surface area contributed by atoms with Crippen molar-refractivity contribution in [1.82, 2.24) is 20.2 Å². The lowest BCUT2D eigenvalue weighted by Crippen LogP contribution is -2.46. The molecule has 1 saturated heterocycles. The summed E-state index contributed by atoms with van der Waals surface area (Å²) in [5.41, 5.74) is -0.194. The summed E-state index contributed by atoms with van der Waals surface area (Å²) in [6.07, 6.45) is 7.25. The van der Waals surface area contributed by atoms with Gasteiger partial charge in [0.15, 0.2) is 0 Å². The van der Waals surface area contributed by atoms with E-state index in [2.05, 4.69) is 22.5 Å². The lowest BCUT2D eigenvalue weighted by Gasteiger charge is -2.32. The van der Waals surface area contributed by atoms with E-state index in [1.165, 1.54) is 0 Å². The monoisotopic (exact) mass is 236 g/mol. The van der Waals surface area contributed by atoms with Crippen molar-refractivity contribution in [3.05, 3.63) is 18.7 Å². The van der Waals surface area contributed by atoms with Gasteiger partial charge in [-0.2, -0.15) is 0 Å². The first-order chi connectivity index (χ1) is 8.21. The van der Waals surface area contributed by atoms with Crippen molar-refractivity contribution in [2.45, 2.75) is 26.3 Å². The van der Waals surface area contributed by atoms with Gasteiger partial charge in [-0.25, -0.2) is 4.98 Å². The van der Waals surface area contributed by atoms with Gasteiger partial charge in [0.1, 0.15) is 0 Å². The highest BCUT2D eigenvalue weighted by Crippen LogP contribution is 2.27. The topological polar surface area (TPSA) is 59.0 Å². The summed E-state index contributed by atoms with van der Waals surface area (Å²) >= 11 is 0. The largest absolute Gasteiger partial charge is 0.354 e. The Hall–Kier alpha value is -1.36. The Kier molecular flexibility index (Phi) is 3.78. The van der Waals surface area contributed by atoms with E-state index in [4.69, 9.17) is 0 Å². The number of carbonyl (C=O) groups is 1. The smallest absolute Gasteiger partial charge is 0.226 e. The first-order valence-corrected chi connectivity index (χ1v) is 6.15. The van der Waals surface area contributed by atoms with E-state index in [-0.39, 0.29) is 11.3 Å². The zero-order valence-corrected chi connectivity index (χ0v) is 10.3. The molecule has 5 heteroatoms. The highest BCUT2D eigenvalue weighted by molar-refractivity contribution is 5.82. The first kappa shape index (κ1) is 12.1. The van der Waals surface area contributed by atoms with Crippen LogP contribution in [0.1, 0.15) is 19.8 Å². The molecule has 0 unspecified atom stereocenters. The van der Waals surface area contributed by atoms with Crippen LogP contribution in [-0.4, -0.2) is 35.1 Å². The number of hydrogen-bond donors (Lipinski definition) is 2. The molecule has 0 aromatic carbocycles. The van der Waals surface area contributed by atoms with Gasteiger partial charge in [0.25, 0.3) is 0 Å². The van der Waals surface area contributed by atoms with Crippen LogP contribution in [0.3, 0.4) is 0 Å². The number of nitrogens with zero attached hydrogens (tertiary/aromatic N) is 2. The van der Waals surface area contributed by atoms with E-state index in [1.54, 1.807) is 12.5 Å². The molecule has 1 fully saturated rings. The maximum atomic E-state index is 12.1. The third kappa shape index (κ3) is 3.06. The molecular weight excluding hydrogens is 216 g/mol. The van der Waals surface area contributed by atoms with E-state index < -0.39 is 0 Å². The van der Waals surface area contributed by atoms with Crippen molar-refractivity contribution in [3.8, 4) is 0 Å². The fourth-order valence-electron chi connectivity index (χ4n) is 2.14. The fraction of sp³-hybridized carbons (Fsp3) is 0.667. The third-order valence-electron chi connectivity index (χ3n) is 3.47. The molecule has 5 nitrogen and oxygen atoms in total. The number of aromatic nitrogens is 2. The van der Waals surface area contributed by atoms with Crippen molar-refractivity contribution in [2.24, 2.45) is 5.41 Å². The summed E-state index contributed by atoms with van der Waals surface area (Å²) in [6.45, 7) is 5.37. The van der Waals surface area contributed by atoms with Gasteiger partial charge in [-0.05, 0) is 25.9 Å². The molecule has 94 valence electrons. The lowest BCUT2D eigenvalue weighted by atomic mass is 9.80. The lowest BCUT2D eigenvalue weighted by molar-refractivity contribution is -0.131. The predicted molar refractivity (Wildman–Crippen MR) is 65.4 cm³/mol. The highest BCUT2D eigenvalue weighted by atomic mass is 16.2. The van der Waals surface area contributed by atoms with Crippen LogP contribution in [0, 0.1) is 5.41 Å². The Morgan fingerprint density at radius 1 is 1.53 bits per heavy atom. The van der Waals surface area contributed by atoms with Gasteiger partial charge in [-0.3, -0.25) is 4.79 Å². The van der Waals surface area contributed by atoms with E-state index in [0.29, 0.717) is 6.54 Å². The van der Waals surface area contributed by atoms with Crippen molar-refractivity contribution < 1.29 is 4.79 Å². The minimum Gasteiger partial charge on any atom is -0.354 e. The maximum absolute atomic E-state index is 12.1. The zero-order chi connectivity index (χ0) is 12.1. The molecule has 1 aromatic rings. The Morgan fingerprint density at radius 3 is 2.94 bits per heavy atom. The normalized spacial score (nSPS) is 18.9. The van der Waals surface area contributed by atoms with E-state index in [0.717, 1.165) is 32.5 Å². The standard InChI is InChI=1S/C12H20N4O/c1-12(2-4-13-5-3-12)11(17)15-7-9-16-8-6-14-10-16/h6,8,10,13H,2-5,7,9H2,1H3,(H,15,17).